The van der Waals surface area contributed by atoms with Gasteiger partial charge in [-0.3, -0.25) is 4.68 Å². The summed E-state index contributed by atoms with van der Waals surface area (Å²) in [4.78, 5) is 37.5. The Kier molecular flexibility index (Phi) is 8.32. The van der Waals surface area contributed by atoms with Crippen LogP contribution in [0.4, 0.5) is 4.79 Å². The number of nitrogens with zero attached hydrogens (tertiary/aromatic N) is 2. The number of aromatic nitrogens is 2. The maximum atomic E-state index is 12.7. The quantitative estimate of drug-likeness (QED) is 0.222. The molecule has 0 saturated carbocycles. The van der Waals surface area contributed by atoms with Gasteiger partial charge < -0.3 is 19.9 Å². The number of carbonyl (C=O) groups is 3. The van der Waals surface area contributed by atoms with Crippen LogP contribution in [0.1, 0.15) is 57.2 Å². The number of ether oxygens (including phenoxy) is 2. The summed E-state index contributed by atoms with van der Waals surface area (Å²) in [6.07, 6.45) is 2.73. The first kappa shape index (κ1) is 30.5. The summed E-state index contributed by atoms with van der Waals surface area (Å²) in [6, 6.07) is 22.2. The fourth-order valence-corrected chi connectivity index (χ4v) is 5.33. The number of rotatable bonds is 9. The zero-order valence-corrected chi connectivity index (χ0v) is 25.5. The van der Waals surface area contributed by atoms with E-state index in [2.05, 4.69) is 22.5 Å². The molecule has 2 N–H and O–H groups in total. The molecule has 1 heterocycles. The summed E-state index contributed by atoms with van der Waals surface area (Å²) >= 11 is 0. The van der Waals surface area contributed by atoms with E-state index in [1.165, 1.54) is 0 Å². The Bertz CT molecular complexity index is 1640. The summed E-state index contributed by atoms with van der Waals surface area (Å²) in [7, 11) is 0. The Morgan fingerprint density at radius 3 is 2.05 bits per heavy atom. The van der Waals surface area contributed by atoms with Crippen molar-refractivity contribution in [2.75, 3.05) is 6.61 Å². The van der Waals surface area contributed by atoms with Crippen LogP contribution in [0, 0.1) is 0 Å². The van der Waals surface area contributed by atoms with Crippen molar-refractivity contribution in [3.63, 3.8) is 0 Å². The van der Waals surface area contributed by atoms with Gasteiger partial charge in [-0.2, -0.15) is 5.10 Å². The normalized spacial score (nSPS) is 13.5. The highest BCUT2D eigenvalue weighted by Crippen LogP contribution is 2.44. The molecular formula is C35H37N3O6. The highest BCUT2D eigenvalue weighted by molar-refractivity contribution is 5.81. The van der Waals surface area contributed by atoms with Crippen molar-refractivity contribution >= 4 is 18.0 Å². The predicted molar refractivity (Wildman–Crippen MR) is 166 cm³/mol. The average Bonchev–Trinajstić information content (AvgIpc) is 3.59. The number of aliphatic carboxylic acids is 1. The van der Waals surface area contributed by atoms with Crippen LogP contribution in [0.5, 0.6) is 0 Å². The second kappa shape index (κ2) is 12.0. The van der Waals surface area contributed by atoms with Crippen LogP contribution < -0.4 is 5.32 Å². The van der Waals surface area contributed by atoms with Gasteiger partial charge in [-0.1, -0.05) is 72.8 Å². The third-order valence-corrected chi connectivity index (χ3v) is 7.71. The Labute approximate surface area is 256 Å². The minimum absolute atomic E-state index is 0.0742. The van der Waals surface area contributed by atoms with Crippen LogP contribution >= 0.6 is 0 Å². The predicted octanol–water partition coefficient (Wildman–Crippen LogP) is 6.16. The molecule has 0 aliphatic heterocycles. The Balaban J connectivity index is 1.20. The van der Waals surface area contributed by atoms with E-state index in [0.29, 0.717) is 0 Å². The van der Waals surface area contributed by atoms with Crippen molar-refractivity contribution in [2.45, 2.75) is 64.1 Å². The monoisotopic (exact) mass is 595 g/mol. The van der Waals surface area contributed by atoms with Gasteiger partial charge in [0.2, 0.25) is 0 Å². The van der Waals surface area contributed by atoms with Crippen molar-refractivity contribution in [1.29, 1.82) is 0 Å². The number of fused-ring (bicyclic) bond motifs is 3. The average molecular weight is 596 g/mol. The molecule has 1 aliphatic carbocycles. The number of amides is 1. The van der Waals surface area contributed by atoms with Gasteiger partial charge in [0.05, 0.1) is 6.20 Å². The zero-order valence-electron chi connectivity index (χ0n) is 25.5. The van der Waals surface area contributed by atoms with Gasteiger partial charge in [0.15, 0.2) is 5.54 Å². The largest absolute Gasteiger partial charge is 0.480 e. The molecule has 4 aromatic rings. The number of carbonyl (C=O) groups excluding carboxylic acids is 2. The molecule has 0 unspecified atom stereocenters. The Morgan fingerprint density at radius 1 is 0.886 bits per heavy atom. The number of carboxylic acid groups (broad SMARTS) is 1. The van der Waals surface area contributed by atoms with Gasteiger partial charge in [-0.05, 0) is 68.0 Å². The highest BCUT2D eigenvalue weighted by Gasteiger charge is 2.35. The molecule has 0 saturated heterocycles. The summed E-state index contributed by atoms with van der Waals surface area (Å²) in [5, 5.41) is 16.7. The molecule has 1 aliphatic rings. The van der Waals surface area contributed by atoms with Crippen molar-refractivity contribution in [2.24, 2.45) is 0 Å². The molecule has 1 aromatic heterocycles. The van der Waals surface area contributed by atoms with E-state index < -0.39 is 35.2 Å². The molecule has 1 atom stereocenters. The van der Waals surface area contributed by atoms with Gasteiger partial charge in [0.25, 0.3) is 0 Å². The number of hydrogen-bond donors (Lipinski definition) is 2. The first-order valence-corrected chi connectivity index (χ1v) is 14.6. The lowest BCUT2D eigenvalue weighted by Crippen LogP contribution is -2.42. The molecule has 9 heteroatoms. The number of nitrogens with one attached hydrogen (secondary N) is 1. The van der Waals surface area contributed by atoms with Crippen molar-refractivity contribution in [3.05, 3.63) is 102 Å². The fraction of sp³-hybridized carbons (Fsp3) is 0.314. The zero-order chi connectivity index (χ0) is 31.6. The van der Waals surface area contributed by atoms with E-state index in [1.807, 2.05) is 69.3 Å². The minimum atomic E-state index is -1.17. The SMILES string of the molecule is CC(C)(C)OC(=O)C(C)(C)n1cc(-c2ccc(C[C@H](NC(=O)OCC3c4ccccc4-c4ccccc43)C(=O)O)cc2)cn1. The van der Waals surface area contributed by atoms with E-state index in [1.54, 1.807) is 43.1 Å². The second-order valence-corrected chi connectivity index (χ2v) is 12.5. The topological polar surface area (TPSA) is 120 Å². The van der Waals surface area contributed by atoms with Gasteiger partial charge in [0.1, 0.15) is 18.2 Å². The van der Waals surface area contributed by atoms with Crippen LogP contribution in [0.2, 0.25) is 0 Å². The molecule has 0 radical (unpaired) electrons. The first-order valence-electron chi connectivity index (χ1n) is 14.6. The molecule has 3 aromatic carbocycles. The third-order valence-electron chi connectivity index (χ3n) is 7.71. The highest BCUT2D eigenvalue weighted by atomic mass is 16.6. The maximum Gasteiger partial charge on any atom is 0.407 e. The maximum absolute atomic E-state index is 12.7. The number of carboxylic acids is 1. The lowest BCUT2D eigenvalue weighted by molar-refractivity contribution is -0.164. The first-order chi connectivity index (χ1) is 20.8. The van der Waals surface area contributed by atoms with Crippen LogP contribution in [0.3, 0.4) is 0 Å². The van der Waals surface area contributed by atoms with E-state index in [0.717, 1.165) is 38.9 Å². The van der Waals surface area contributed by atoms with Crippen molar-refractivity contribution < 1.29 is 29.0 Å². The standard InChI is InChI=1S/C35H37N3O6/c1-34(2,3)44-32(41)35(4,5)38-20-24(19-36-38)23-16-14-22(15-17-23)18-30(31(39)40)37-33(42)43-21-29-27-12-8-6-10-25(27)26-11-7-9-13-28(26)29/h6-17,19-20,29-30H,18,21H2,1-5H3,(H,37,42)(H,39,40)/t30-/m0/s1. The van der Waals surface area contributed by atoms with Crippen molar-refractivity contribution in [1.82, 2.24) is 15.1 Å². The molecule has 0 fully saturated rings. The lowest BCUT2D eigenvalue weighted by atomic mass is 9.98. The van der Waals surface area contributed by atoms with Crippen LogP contribution in [-0.4, -0.2) is 51.2 Å². The van der Waals surface area contributed by atoms with Gasteiger partial charge in [0, 0.05) is 24.1 Å². The van der Waals surface area contributed by atoms with Crippen LogP contribution in [-0.2, 0) is 31.0 Å². The molecule has 1 amide bonds. The number of benzene rings is 3. The molecule has 44 heavy (non-hydrogen) atoms. The third kappa shape index (κ3) is 6.51. The van der Waals surface area contributed by atoms with Gasteiger partial charge >= 0.3 is 18.0 Å². The molecule has 0 bridgehead atoms. The van der Waals surface area contributed by atoms with E-state index in [-0.39, 0.29) is 18.9 Å². The molecule has 0 spiro atoms. The summed E-state index contributed by atoms with van der Waals surface area (Å²) in [6.45, 7) is 9.05. The van der Waals surface area contributed by atoms with E-state index in [4.69, 9.17) is 9.47 Å². The van der Waals surface area contributed by atoms with Gasteiger partial charge in [-0.15, -0.1) is 0 Å². The Hall–Kier alpha value is -4.92. The van der Waals surface area contributed by atoms with Crippen molar-refractivity contribution in [3.8, 4) is 22.3 Å². The molecular weight excluding hydrogens is 558 g/mol. The second-order valence-electron chi connectivity index (χ2n) is 12.5. The fourth-order valence-electron chi connectivity index (χ4n) is 5.33. The summed E-state index contributed by atoms with van der Waals surface area (Å²) in [5.74, 6) is -1.67. The minimum Gasteiger partial charge on any atom is -0.480 e. The number of hydrogen-bond acceptors (Lipinski definition) is 6. The van der Waals surface area contributed by atoms with Crippen LogP contribution in [0.25, 0.3) is 22.3 Å². The Morgan fingerprint density at radius 2 is 1.48 bits per heavy atom. The van der Waals surface area contributed by atoms with Gasteiger partial charge in [-0.25, -0.2) is 14.4 Å². The summed E-state index contributed by atoms with van der Waals surface area (Å²) in [5.41, 5.74) is 5.12. The van der Waals surface area contributed by atoms with Crippen LogP contribution in [0.15, 0.2) is 85.2 Å². The number of esters is 1. The smallest absolute Gasteiger partial charge is 0.407 e. The molecule has 228 valence electrons. The summed E-state index contributed by atoms with van der Waals surface area (Å²) < 4.78 is 12.7. The molecule has 5 rings (SSSR count). The molecule has 9 nitrogen and oxygen atoms in total. The van der Waals surface area contributed by atoms with E-state index in [9.17, 15) is 19.5 Å². The number of alkyl carbamates (subject to hydrolysis) is 1. The van der Waals surface area contributed by atoms with E-state index >= 15 is 0 Å². The lowest BCUT2D eigenvalue weighted by Gasteiger charge is -2.28.